The summed E-state index contributed by atoms with van der Waals surface area (Å²) in [6, 6.07) is 64.4. The van der Waals surface area contributed by atoms with E-state index in [9.17, 15) is 0 Å². The Kier molecular flexibility index (Phi) is 7.72. The van der Waals surface area contributed by atoms with Gasteiger partial charge in [0.15, 0.2) is 23.0 Å². The number of benzene rings is 9. The number of aryl methyl sites for hydroxylation is 1. The molecule has 0 saturated carbocycles. The van der Waals surface area contributed by atoms with Crippen LogP contribution in [0.5, 0.6) is 23.0 Å². The van der Waals surface area contributed by atoms with Gasteiger partial charge in [-0.15, -0.1) is 11.3 Å². The summed E-state index contributed by atoms with van der Waals surface area (Å²) in [7, 11) is 0. The molecular formula is C57H41BN2O2S. The van der Waals surface area contributed by atoms with E-state index in [0.29, 0.717) is 23.0 Å². The summed E-state index contributed by atoms with van der Waals surface area (Å²) < 4.78 is 16.1. The molecule has 0 saturated heterocycles. The molecule has 6 heteroatoms. The minimum absolute atomic E-state index is 0.0135. The van der Waals surface area contributed by atoms with Crippen molar-refractivity contribution in [2.24, 2.45) is 0 Å². The fourth-order valence-electron chi connectivity index (χ4n) is 10.3. The van der Waals surface area contributed by atoms with Gasteiger partial charge in [-0.3, -0.25) is 0 Å². The third kappa shape index (κ3) is 5.47. The van der Waals surface area contributed by atoms with Crippen LogP contribution in [-0.4, -0.2) is 6.85 Å². The van der Waals surface area contributed by atoms with E-state index in [4.69, 9.17) is 9.47 Å². The van der Waals surface area contributed by atoms with Gasteiger partial charge in [0.2, 0.25) is 0 Å². The molecule has 3 aliphatic heterocycles. The van der Waals surface area contributed by atoms with Crippen molar-refractivity contribution < 1.29 is 9.47 Å². The van der Waals surface area contributed by atoms with Crippen molar-refractivity contribution >= 4 is 88.5 Å². The van der Waals surface area contributed by atoms with Crippen LogP contribution in [-0.2, 0) is 5.41 Å². The van der Waals surface area contributed by atoms with Crippen molar-refractivity contribution in [1.29, 1.82) is 0 Å². The number of ether oxygens (including phenoxy) is 2. The quantitative estimate of drug-likeness (QED) is 0.166. The molecule has 300 valence electrons. The summed E-state index contributed by atoms with van der Waals surface area (Å²) in [5, 5.41) is 4.98. The van der Waals surface area contributed by atoms with Gasteiger partial charge in [-0.05, 0) is 123 Å². The lowest BCUT2D eigenvalue weighted by Gasteiger charge is -2.46. The van der Waals surface area contributed by atoms with E-state index in [1.54, 1.807) is 0 Å². The van der Waals surface area contributed by atoms with Crippen molar-refractivity contribution in [2.45, 2.75) is 33.1 Å². The van der Waals surface area contributed by atoms with Gasteiger partial charge in [0.05, 0.1) is 0 Å². The average molecular weight is 829 g/mol. The number of hydrogen-bond acceptors (Lipinski definition) is 5. The van der Waals surface area contributed by atoms with Crippen LogP contribution >= 0.6 is 11.3 Å². The van der Waals surface area contributed by atoms with Crippen LogP contribution in [0.2, 0.25) is 0 Å². The van der Waals surface area contributed by atoms with E-state index in [0.717, 1.165) is 22.5 Å². The number of hydrogen-bond donors (Lipinski definition) is 0. The summed E-state index contributed by atoms with van der Waals surface area (Å²) >= 11 is 1.91. The fraction of sp³-hybridized carbons (Fsp3) is 0.0877. The van der Waals surface area contributed by atoms with Crippen LogP contribution in [0.25, 0.3) is 53.2 Å². The number of para-hydroxylation sites is 2. The van der Waals surface area contributed by atoms with Crippen molar-refractivity contribution in [3.63, 3.8) is 0 Å². The highest BCUT2D eigenvalue weighted by Crippen LogP contribution is 2.55. The Labute approximate surface area is 371 Å². The van der Waals surface area contributed by atoms with Crippen LogP contribution in [0.1, 0.15) is 31.9 Å². The van der Waals surface area contributed by atoms with Gasteiger partial charge in [0, 0.05) is 65.8 Å². The van der Waals surface area contributed by atoms with Crippen molar-refractivity contribution in [3.05, 3.63) is 187 Å². The monoisotopic (exact) mass is 828 g/mol. The zero-order valence-electron chi connectivity index (χ0n) is 35.4. The highest BCUT2D eigenvalue weighted by atomic mass is 32.1. The van der Waals surface area contributed by atoms with Crippen molar-refractivity contribution in [3.8, 4) is 45.3 Å². The topological polar surface area (TPSA) is 24.9 Å². The highest BCUT2D eigenvalue weighted by molar-refractivity contribution is 7.26. The molecule has 0 fully saturated rings. The van der Waals surface area contributed by atoms with Gasteiger partial charge < -0.3 is 19.2 Å². The molecule has 4 nitrogen and oxygen atoms in total. The van der Waals surface area contributed by atoms with Crippen molar-refractivity contribution in [2.75, 3.05) is 9.71 Å². The van der Waals surface area contributed by atoms with Crippen LogP contribution in [0.15, 0.2) is 176 Å². The second-order valence-electron chi connectivity index (χ2n) is 18.2. The van der Waals surface area contributed by atoms with Gasteiger partial charge in [0.1, 0.15) is 0 Å². The minimum Gasteiger partial charge on any atom is -0.450 e. The van der Waals surface area contributed by atoms with E-state index in [2.05, 4.69) is 189 Å². The average Bonchev–Trinajstić information content (AvgIpc) is 3.68. The van der Waals surface area contributed by atoms with E-state index in [1.807, 2.05) is 35.6 Å². The van der Waals surface area contributed by atoms with E-state index >= 15 is 0 Å². The Balaban J connectivity index is 1.17. The fourth-order valence-corrected chi connectivity index (χ4v) is 11.5. The Morgan fingerprint density at radius 3 is 1.95 bits per heavy atom. The molecule has 0 amide bonds. The number of thiophene rings is 1. The lowest BCUT2D eigenvalue weighted by atomic mass is 9.43. The first kappa shape index (κ1) is 36.4. The number of rotatable bonds is 3. The smallest absolute Gasteiger partial charge is 0.333 e. The van der Waals surface area contributed by atoms with E-state index in [-0.39, 0.29) is 12.3 Å². The Morgan fingerprint density at radius 1 is 0.524 bits per heavy atom. The Morgan fingerprint density at radius 2 is 1.21 bits per heavy atom. The standard InChI is InChI=1S/C57H41BN2O2S/c1-34-28-38(35-14-6-5-7-15-35)22-27-45(34)59-47-33-52-51(61-49-19-11-12-20-50(49)62-52)32-44(47)58-55-48(59)31-42-41-18-10-13-21-53(41)63-56(42)54(55)43-29-36-16-8-9-17-37(36)30-46(43)60(58)40-25-23-39(24-26-40)57(2,3)4/h5-33H,1-4H3. The number of fused-ring (bicyclic) bond motifs is 11. The lowest BCUT2D eigenvalue weighted by Crippen LogP contribution is -2.61. The molecule has 10 aromatic rings. The Hall–Kier alpha value is -7.28. The van der Waals surface area contributed by atoms with Gasteiger partial charge in [-0.25, -0.2) is 0 Å². The summed E-state index contributed by atoms with van der Waals surface area (Å²) in [5.41, 5.74) is 15.5. The first-order valence-electron chi connectivity index (χ1n) is 21.8. The van der Waals surface area contributed by atoms with Crippen molar-refractivity contribution in [1.82, 2.24) is 0 Å². The zero-order chi connectivity index (χ0) is 42.1. The van der Waals surface area contributed by atoms with Crippen LogP contribution < -0.4 is 30.1 Å². The lowest BCUT2D eigenvalue weighted by molar-refractivity contribution is 0.360. The molecule has 0 unspecified atom stereocenters. The molecule has 1 aromatic heterocycles. The molecule has 0 radical (unpaired) electrons. The van der Waals surface area contributed by atoms with Gasteiger partial charge in [0.25, 0.3) is 0 Å². The maximum atomic E-state index is 6.77. The molecule has 63 heavy (non-hydrogen) atoms. The van der Waals surface area contributed by atoms with Gasteiger partial charge in [-0.1, -0.05) is 124 Å². The van der Waals surface area contributed by atoms with E-state index < -0.39 is 0 Å². The third-order valence-corrected chi connectivity index (χ3v) is 14.5. The van der Waals surface area contributed by atoms with Crippen LogP contribution in [0, 0.1) is 6.92 Å². The molecule has 0 aliphatic carbocycles. The molecule has 9 aromatic carbocycles. The van der Waals surface area contributed by atoms with E-state index in [1.165, 1.54) is 81.2 Å². The Bertz CT molecular complexity index is 3530. The molecule has 0 N–H and O–H groups in total. The largest absolute Gasteiger partial charge is 0.450 e. The second kappa shape index (κ2) is 13.4. The predicted molar refractivity (Wildman–Crippen MR) is 266 cm³/mol. The molecule has 13 rings (SSSR count). The first-order chi connectivity index (χ1) is 30.8. The van der Waals surface area contributed by atoms with Gasteiger partial charge in [-0.2, -0.15) is 0 Å². The molecule has 0 atom stereocenters. The third-order valence-electron chi connectivity index (χ3n) is 13.3. The highest BCUT2D eigenvalue weighted by Gasteiger charge is 2.47. The normalized spacial score (nSPS) is 13.6. The summed E-state index contributed by atoms with van der Waals surface area (Å²) in [6.45, 7) is 8.89. The molecule has 3 aliphatic rings. The predicted octanol–water partition coefficient (Wildman–Crippen LogP) is 15.1. The van der Waals surface area contributed by atoms with Crippen LogP contribution in [0.4, 0.5) is 28.4 Å². The molecule has 4 heterocycles. The maximum absolute atomic E-state index is 6.77. The number of anilines is 5. The van der Waals surface area contributed by atoms with Gasteiger partial charge >= 0.3 is 6.85 Å². The second-order valence-corrected chi connectivity index (χ2v) is 19.2. The summed E-state index contributed by atoms with van der Waals surface area (Å²) in [6.07, 6.45) is 0. The van der Waals surface area contributed by atoms with Crippen LogP contribution in [0.3, 0.4) is 0 Å². The molecular weight excluding hydrogens is 788 g/mol. The number of nitrogens with zero attached hydrogens (tertiary/aromatic N) is 2. The SMILES string of the molecule is Cc1cc(-c2ccccc2)ccc1N1c2cc3c(cc2B2c4c1cc1c(sc5ccccc51)c4-c1cc4ccccc4cc1N2c1ccc(C(C)(C)C)cc1)Oc1ccccc1O3. The minimum atomic E-state index is -0.208. The maximum Gasteiger partial charge on any atom is 0.333 e. The molecule has 0 spiro atoms. The molecule has 0 bridgehead atoms. The summed E-state index contributed by atoms with van der Waals surface area (Å²) in [5.74, 6) is 2.84. The first-order valence-corrected chi connectivity index (χ1v) is 22.6. The zero-order valence-corrected chi connectivity index (χ0v) is 36.3. The summed E-state index contributed by atoms with van der Waals surface area (Å²) in [4.78, 5) is 5.11.